The summed E-state index contributed by atoms with van der Waals surface area (Å²) in [7, 11) is 0. The van der Waals surface area contributed by atoms with Crippen LogP contribution in [0.2, 0.25) is 0 Å². The molecule has 132 valence electrons. The molecule has 0 aliphatic carbocycles. The van der Waals surface area contributed by atoms with Gasteiger partial charge in [0, 0.05) is 12.1 Å². The van der Waals surface area contributed by atoms with Crippen molar-refractivity contribution in [2.24, 2.45) is 0 Å². The normalized spacial score (nSPS) is 20.5. The number of nitrogens with two attached hydrogens (primary N) is 1. The van der Waals surface area contributed by atoms with Crippen LogP contribution in [0.4, 0.5) is 5.69 Å². The van der Waals surface area contributed by atoms with E-state index in [1.165, 1.54) is 11.1 Å². The molecule has 2 aromatic carbocycles. The number of ether oxygens (including phenoxy) is 1. The Balaban J connectivity index is 1.66. The Morgan fingerprint density at radius 1 is 1.20 bits per heavy atom. The Morgan fingerprint density at radius 2 is 1.92 bits per heavy atom. The van der Waals surface area contributed by atoms with E-state index in [1.54, 1.807) is 0 Å². The lowest BCUT2D eigenvalue weighted by molar-refractivity contribution is -0.144. The Hall–Kier alpha value is -2.33. The third-order valence-corrected chi connectivity index (χ3v) is 4.95. The maximum absolute atomic E-state index is 12.8. The quantitative estimate of drug-likeness (QED) is 0.868. The molecule has 1 saturated heterocycles. The van der Waals surface area contributed by atoms with E-state index >= 15 is 0 Å². The molecule has 2 atom stereocenters. The molecule has 0 unspecified atom stereocenters. The van der Waals surface area contributed by atoms with Gasteiger partial charge in [-0.3, -0.25) is 4.79 Å². The molecule has 1 fully saturated rings. The number of carbonyl (C=O) groups excluding carboxylic acids is 1. The fraction of sp³-hybridized carbons (Fsp3) is 0.381. The van der Waals surface area contributed by atoms with Crippen LogP contribution in [0.1, 0.15) is 36.1 Å². The van der Waals surface area contributed by atoms with Crippen molar-refractivity contribution in [1.82, 2.24) is 4.90 Å². The predicted octanol–water partition coefficient (Wildman–Crippen LogP) is 3.50. The first-order valence-corrected chi connectivity index (χ1v) is 8.86. The summed E-state index contributed by atoms with van der Waals surface area (Å²) in [6, 6.07) is 16.1. The number of hydrogen-bond donors (Lipinski definition) is 1. The Labute approximate surface area is 149 Å². The van der Waals surface area contributed by atoms with Crippen molar-refractivity contribution < 1.29 is 9.53 Å². The SMILES string of the molecule is Cc1ccccc1[C@@H]1CN(C(=O)CCc2ccccc2N)[C@H](C)CO1. The highest BCUT2D eigenvalue weighted by Gasteiger charge is 2.30. The number of nitrogen functional groups attached to an aromatic ring is 1. The van der Waals surface area contributed by atoms with Crippen molar-refractivity contribution in [1.29, 1.82) is 0 Å². The number of aryl methyl sites for hydroxylation is 2. The van der Waals surface area contributed by atoms with Crippen molar-refractivity contribution in [2.45, 2.75) is 38.8 Å². The number of morpholine rings is 1. The molecule has 0 spiro atoms. The molecular formula is C21H26N2O2. The molecule has 2 aromatic rings. The minimum atomic E-state index is -0.0526. The minimum absolute atomic E-state index is 0.0526. The highest BCUT2D eigenvalue weighted by molar-refractivity contribution is 5.77. The molecule has 0 bridgehead atoms. The summed E-state index contributed by atoms with van der Waals surface area (Å²) in [4.78, 5) is 14.7. The Morgan fingerprint density at radius 3 is 2.68 bits per heavy atom. The van der Waals surface area contributed by atoms with Crippen LogP contribution in [0, 0.1) is 6.92 Å². The largest absolute Gasteiger partial charge is 0.399 e. The van der Waals surface area contributed by atoms with Gasteiger partial charge in [0.15, 0.2) is 0 Å². The third kappa shape index (κ3) is 4.02. The Bertz CT molecular complexity index is 744. The van der Waals surface area contributed by atoms with Gasteiger partial charge < -0.3 is 15.4 Å². The maximum atomic E-state index is 12.8. The van der Waals surface area contributed by atoms with E-state index in [0.29, 0.717) is 26.0 Å². The van der Waals surface area contributed by atoms with Gasteiger partial charge in [0.05, 0.1) is 19.2 Å². The number of benzene rings is 2. The smallest absolute Gasteiger partial charge is 0.223 e. The van der Waals surface area contributed by atoms with Crippen molar-refractivity contribution >= 4 is 11.6 Å². The van der Waals surface area contributed by atoms with Crippen LogP contribution in [0.25, 0.3) is 0 Å². The second kappa shape index (κ2) is 7.70. The van der Waals surface area contributed by atoms with Gasteiger partial charge >= 0.3 is 0 Å². The van der Waals surface area contributed by atoms with Crippen molar-refractivity contribution in [2.75, 3.05) is 18.9 Å². The standard InChI is InChI=1S/C21H26N2O2/c1-15-7-3-5-9-18(15)20-13-23(16(2)14-25-20)21(24)12-11-17-8-4-6-10-19(17)22/h3-10,16,20H,11-14,22H2,1-2H3/t16-,20+/m1/s1. The van der Waals surface area contributed by atoms with Crippen LogP contribution < -0.4 is 5.73 Å². The fourth-order valence-corrected chi connectivity index (χ4v) is 3.39. The summed E-state index contributed by atoms with van der Waals surface area (Å²) in [5.41, 5.74) is 10.1. The molecule has 0 saturated carbocycles. The zero-order chi connectivity index (χ0) is 17.8. The third-order valence-electron chi connectivity index (χ3n) is 4.95. The van der Waals surface area contributed by atoms with E-state index in [1.807, 2.05) is 48.2 Å². The summed E-state index contributed by atoms with van der Waals surface area (Å²) in [5.74, 6) is 0.164. The van der Waals surface area contributed by atoms with Gasteiger partial charge in [-0.05, 0) is 43.0 Å². The van der Waals surface area contributed by atoms with Gasteiger partial charge in [-0.15, -0.1) is 0 Å². The van der Waals surface area contributed by atoms with Crippen LogP contribution in [0.5, 0.6) is 0 Å². The van der Waals surface area contributed by atoms with Crippen molar-refractivity contribution in [3.05, 3.63) is 65.2 Å². The maximum Gasteiger partial charge on any atom is 0.223 e. The highest BCUT2D eigenvalue weighted by atomic mass is 16.5. The van der Waals surface area contributed by atoms with Crippen molar-refractivity contribution in [3.8, 4) is 0 Å². The topological polar surface area (TPSA) is 55.6 Å². The van der Waals surface area contributed by atoms with E-state index < -0.39 is 0 Å². The van der Waals surface area contributed by atoms with Gasteiger partial charge in [-0.1, -0.05) is 42.5 Å². The first-order chi connectivity index (χ1) is 12.1. The minimum Gasteiger partial charge on any atom is -0.399 e. The second-order valence-electron chi connectivity index (χ2n) is 6.77. The molecule has 25 heavy (non-hydrogen) atoms. The van der Waals surface area contributed by atoms with E-state index in [2.05, 4.69) is 19.1 Å². The molecular weight excluding hydrogens is 312 g/mol. The summed E-state index contributed by atoms with van der Waals surface area (Å²) >= 11 is 0. The van der Waals surface area contributed by atoms with E-state index in [4.69, 9.17) is 10.5 Å². The lowest BCUT2D eigenvalue weighted by Crippen LogP contribution is -2.48. The lowest BCUT2D eigenvalue weighted by Gasteiger charge is -2.38. The number of rotatable bonds is 4. The fourth-order valence-electron chi connectivity index (χ4n) is 3.39. The average molecular weight is 338 g/mol. The number of hydrogen-bond acceptors (Lipinski definition) is 3. The van der Waals surface area contributed by atoms with E-state index in [0.717, 1.165) is 11.3 Å². The van der Waals surface area contributed by atoms with Gasteiger partial charge in [0.25, 0.3) is 0 Å². The molecule has 1 heterocycles. The Kier molecular flexibility index (Phi) is 5.39. The summed E-state index contributed by atoms with van der Waals surface area (Å²) < 4.78 is 6.01. The highest BCUT2D eigenvalue weighted by Crippen LogP contribution is 2.27. The molecule has 0 aromatic heterocycles. The molecule has 3 rings (SSSR count). The van der Waals surface area contributed by atoms with Gasteiger partial charge in [0.2, 0.25) is 5.91 Å². The van der Waals surface area contributed by atoms with Crippen LogP contribution in [-0.4, -0.2) is 30.0 Å². The van der Waals surface area contributed by atoms with Gasteiger partial charge in [-0.2, -0.15) is 0 Å². The molecule has 4 heteroatoms. The van der Waals surface area contributed by atoms with E-state index in [9.17, 15) is 4.79 Å². The number of anilines is 1. The van der Waals surface area contributed by atoms with Crippen LogP contribution in [-0.2, 0) is 16.0 Å². The number of nitrogens with zero attached hydrogens (tertiary/aromatic N) is 1. The van der Waals surface area contributed by atoms with Gasteiger partial charge in [0.1, 0.15) is 6.10 Å². The summed E-state index contributed by atoms with van der Waals surface area (Å²) in [6.07, 6.45) is 1.09. The first-order valence-electron chi connectivity index (χ1n) is 8.86. The number of para-hydroxylation sites is 1. The summed E-state index contributed by atoms with van der Waals surface area (Å²) in [6.45, 7) is 5.30. The zero-order valence-electron chi connectivity index (χ0n) is 14.9. The van der Waals surface area contributed by atoms with Gasteiger partial charge in [-0.25, -0.2) is 0 Å². The molecule has 4 nitrogen and oxygen atoms in total. The summed E-state index contributed by atoms with van der Waals surface area (Å²) in [5, 5.41) is 0. The second-order valence-corrected chi connectivity index (χ2v) is 6.77. The lowest BCUT2D eigenvalue weighted by atomic mass is 10.0. The monoisotopic (exact) mass is 338 g/mol. The molecule has 2 N–H and O–H groups in total. The first kappa shape index (κ1) is 17.5. The van der Waals surface area contributed by atoms with Crippen LogP contribution >= 0.6 is 0 Å². The van der Waals surface area contributed by atoms with Crippen LogP contribution in [0.3, 0.4) is 0 Å². The van der Waals surface area contributed by atoms with Crippen LogP contribution in [0.15, 0.2) is 48.5 Å². The molecule has 1 amide bonds. The zero-order valence-corrected chi connectivity index (χ0v) is 14.9. The van der Waals surface area contributed by atoms with Crippen molar-refractivity contribution in [3.63, 3.8) is 0 Å². The number of carbonyl (C=O) groups is 1. The average Bonchev–Trinajstić information content (AvgIpc) is 2.62. The predicted molar refractivity (Wildman–Crippen MR) is 100 cm³/mol. The molecule has 1 aliphatic heterocycles. The number of amides is 1. The molecule has 0 radical (unpaired) electrons. The molecule has 1 aliphatic rings. The van der Waals surface area contributed by atoms with E-state index in [-0.39, 0.29) is 18.1 Å².